The fraction of sp³-hybridized carbons (Fsp3) is 0.231. The van der Waals surface area contributed by atoms with Crippen LogP contribution in [0.25, 0.3) is 21.8 Å². The minimum atomic E-state index is -0.0461. The number of rotatable bonds is 3. The summed E-state index contributed by atoms with van der Waals surface area (Å²) in [5.74, 6) is 14.1. The zero-order valence-corrected chi connectivity index (χ0v) is 28.1. The molecule has 2 atom stereocenters. The Balaban J connectivity index is 0.000000170. The SMILES string of the molecule is COCC1Cc2nc3cc(C#Cc4ccccn4)ccc3c(=O)n2C1.Cl.O=c1c2ccc(C#Cc3ccccn3)cc2nc2n1CC(CO)C2. The van der Waals surface area contributed by atoms with Gasteiger partial charge in [0.25, 0.3) is 11.1 Å². The molecule has 0 saturated carbocycles. The number of aliphatic hydroxyl groups is 1. The molecule has 2 aliphatic heterocycles. The fourth-order valence-electron chi connectivity index (χ4n) is 6.16. The number of methoxy groups -OCH3 is 1. The molecule has 2 aromatic carbocycles. The minimum Gasteiger partial charge on any atom is -0.396 e. The number of fused-ring (bicyclic) bond motifs is 4. The lowest BCUT2D eigenvalue weighted by atomic mass is 10.1. The highest BCUT2D eigenvalue weighted by molar-refractivity contribution is 5.85. The Morgan fingerprint density at radius 3 is 1.68 bits per heavy atom. The number of halogens is 1. The molecule has 6 aromatic rings. The van der Waals surface area contributed by atoms with E-state index in [0.717, 1.165) is 29.2 Å². The van der Waals surface area contributed by atoms with Crippen LogP contribution in [0.4, 0.5) is 0 Å². The number of hydrogen-bond donors (Lipinski definition) is 1. The Kier molecular flexibility index (Phi) is 10.5. The van der Waals surface area contributed by atoms with E-state index in [9.17, 15) is 14.7 Å². The number of benzene rings is 2. The average Bonchev–Trinajstić information content (AvgIpc) is 3.75. The molecule has 0 bridgehead atoms. The number of nitrogens with zero attached hydrogens (tertiary/aromatic N) is 6. The van der Waals surface area contributed by atoms with Crippen LogP contribution in [0.1, 0.15) is 34.2 Å². The fourth-order valence-corrected chi connectivity index (χ4v) is 6.16. The maximum Gasteiger partial charge on any atom is 0.261 e. The number of aliphatic hydroxyl groups excluding tert-OH is 1. The smallest absolute Gasteiger partial charge is 0.261 e. The van der Waals surface area contributed by atoms with Gasteiger partial charge in [-0.05, 0) is 72.5 Å². The second-order valence-corrected chi connectivity index (χ2v) is 12.1. The molecule has 1 N–H and O–H groups in total. The van der Waals surface area contributed by atoms with Gasteiger partial charge in [0.05, 0.1) is 28.4 Å². The Hall–Kier alpha value is -5.65. The van der Waals surface area contributed by atoms with Gasteiger partial charge in [-0.2, -0.15) is 0 Å². The molecule has 0 radical (unpaired) electrons. The highest BCUT2D eigenvalue weighted by Gasteiger charge is 2.25. The zero-order chi connectivity index (χ0) is 33.7. The van der Waals surface area contributed by atoms with Crippen molar-refractivity contribution in [3.63, 3.8) is 0 Å². The van der Waals surface area contributed by atoms with Crippen molar-refractivity contribution < 1.29 is 9.84 Å². The summed E-state index contributed by atoms with van der Waals surface area (Å²) in [5.41, 5.74) is 4.35. The maximum absolute atomic E-state index is 12.7. The normalized spacial score (nSPS) is 15.4. The standard InChI is InChI=1S/C20H17N3O2.C19H15N3O2.ClH/c1-25-13-15-11-19-22-18-10-14(5-7-16-4-2-3-9-21-16)6-8-17(18)20(24)23(19)12-15;23-12-14-10-18-21-17-9-13(4-6-15-3-1-2-8-20-15)5-7-16(17)19(24)22(18)11-14;/h2-4,6,8-10,15H,11-13H2,1H3;1-3,5,7-9,14,23H,10-12H2;1H. The average molecular weight is 685 g/mol. The summed E-state index contributed by atoms with van der Waals surface area (Å²) in [4.78, 5) is 42.9. The third-order valence-corrected chi connectivity index (χ3v) is 8.55. The summed E-state index contributed by atoms with van der Waals surface area (Å²) >= 11 is 0. The zero-order valence-electron chi connectivity index (χ0n) is 27.2. The summed E-state index contributed by atoms with van der Waals surface area (Å²) in [7, 11) is 1.68. The molecule has 11 heteroatoms. The van der Waals surface area contributed by atoms with Crippen LogP contribution in [0, 0.1) is 35.5 Å². The number of ether oxygens (including phenoxy) is 1. The van der Waals surface area contributed by atoms with Crippen LogP contribution in [0.5, 0.6) is 0 Å². The van der Waals surface area contributed by atoms with Crippen molar-refractivity contribution in [2.75, 3.05) is 20.3 Å². The van der Waals surface area contributed by atoms with Crippen molar-refractivity contribution in [2.45, 2.75) is 25.9 Å². The van der Waals surface area contributed by atoms with Gasteiger partial charge in [0.1, 0.15) is 23.0 Å². The molecule has 6 heterocycles. The maximum atomic E-state index is 12.7. The first kappa shape index (κ1) is 34.2. The van der Waals surface area contributed by atoms with Crippen LogP contribution in [-0.4, -0.2) is 54.5 Å². The van der Waals surface area contributed by atoms with Gasteiger partial charge < -0.3 is 9.84 Å². The molecule has 8 rings (SSSR count). The van der Waals surface area contributed by atoms with E-state index in [0.29, 0.717) is 65.2 Å². The second-order valence-electron chi connectivity index (χ2n) is 12.1. The molecule has 0 saturated heterocycles. The lowest BCUT2D eigenvalue weighted by Crippen LogP contribution is -2.22. The molecule has 10 nitrogen and oxygen atoms in total. The van der Waals surface area contributed by atoms with Gasteiger partial charge in [-0.25, -0.2) is 19.9 Å². The molecule has 4 aromatic heterocycles. The van der Waals surface area contributed by atoms with E-state index >= 15 is 0 Å². The Morgan fingerprint density at radius 1 is 0.720 bits per heavy atom. The van der Waals surface area contributed by atoms with Gasteiger partial charge in [0.2, 0.25) is 0 Å². The topological polar surface area (TPSA) is 125 Å². The van der Waals surface area contributed by atoms with E-state index in [1.54, 1.807) is 34.7 Å². The van der Waals surface area contributed by atoms with Gasteiger partial charge in [-0.3, -0.25) is 18.7 Å². The lowest BCUT2D eigenvalue weighted by molar-refractivity contribution is 0.152. The van der Waals surface area contributed by atoms with Crippen molar-refractivity contribution in [1.29, 1.82) is 0 Å². The van der Waals surface area contributed by atoms with E-state index < -0.39 is 0 Å². The Labute approximate surface area is 294 Å². The van der Waals surface area contributed by atoms with Crippen LogP contribution in [0.3, 0.4) is 0 Å². The molecule has 250 valence electrons. The quantitative estimate of drug-likeness (QED) is 0.280. The summed E-state index contributed by atoms with van der Waals surface area (Å²) in [5, 5.41) is 10.5. The molecular weight excluding hydrogens is 652 g/mol. The van der Waals surface area contributed by atoms with Gasteiger partial charge in [-0.1, -0.05) is 24.0 Å². The number of aromatic nitrogens is 6. The highest BCUT2D eigenvalue weighted by atomic mass is 35.5. The molecule has 0 fully saturated rings. The van der Waals surface area contributed by atoms with E-state index in [4.69, 9.17) is 4.74 Å². The molecule has 2 unspecified atom stereocenters. The van der Waals surface area contributed by atoms with Gasteiger partial charge in [0, 0.05) is 75.0 Å². The van der Waals surface area contributed by atoms with Crippen LogP contribution in [-0.2, 0) is 30.7 Å². The summed E-state index contributed by atoms with van der Waals surface area (Å²) < 4.78 is 8.66. The first-order valence-corrected chi connectivity index (χ1v) is 16.0. The van der Waals surface area contributed by atoms with E-state index in [1.807, 2.05) is 66.7 Å². The molecule has 0 aliphatic carbocycles. The van der Waals surface area contributed by atoms with Crippen LogP contribution >= 0.6 is 12.4 Å². The van der Waals surface area contributed by atoms with Crippen LogP contribution in [0.15, 0.2) is 94.8 Å². The van der Waals surface area contributed by atoms with Gasteiger partial charge in [0.15, 0.2) is 0 Å². The van der Waals surface area contributed by atoms with Crippen molar-refractivity contribution in [1.82, 2.24) is 29.1 Å². The second kappa shape index (κ2) is 15.3. The molecular formula is C39H33ClN6O4. The Morgan fingerprint density at radius 2 is 1.22 bits per heavy atom. The summed E-state index contributed by atoms with van der Waals surface area (Å²) in [6.45, 7) is 1.92. The summed E-state index contributed by atoms with van der Waals surface area (Å²) in [6, 6.07) is 22.2. The predicted octanol–water partition coefficient (Wildman–Crippen LogP) is 3.79. The van der Waals surface area contributed by atoms with Gasteiger partial charge in [-0.15, -0.1) is 12.4 Å². The van der Waals surface area contributed by atoms with Crippen molar-refractivity contribution in [3.8, 4) is 23.7 Å². The Bertz CT molecular complexity index is 2430. The largest absolute Gasteiger partial charge is 0.396 e. The molecule has 0 spiro atoms. The number of pyridine rings is 2. The molecule has 0 amide bonds. The molecule has 50 heavy (non-hydrogen) atoms. The van der Waals surface area contributed by atoms with E-state index in [-0.39, 0.29) is 36.1 Å². The van der Waals surface area contributed by atoms with Crippen LogP contribution in [0.2, 0.25) is 0 Å². The monoisotopic (exact) mass is 684 g/mol. The van der Waals surface area contributed by atoms with E-state index in [2.05, 4.69) is 43.6 Å². The number of hydrogen-bond acceptors (Lipinski definition) is 8. The highest BCUT2D eigenvalue weighted by Crippen LogP contribution is 2.21. The van der Waals surface area contributed by atoms with Gasteiger partial charge >= 0.3 is 0 Å². The van der Waals surface area contributed by atoms with Crippen molar-refractivity contribution in [2.24, 2.45) is 11.8 Å². The first-order valence-electron chi connectivity index (χ1n) is 16.0. The van der Waals surface area contributed by atoms with Crippen molar-refractivity contribution in [3.05, 3.63) is 140 Å². The minimum absolute atomic E-state index is 0. The van der Waals surface area contributed by atoms with E-state index in [1.165, 1.54) is 0 Å². The van der Waals surface area contributed by atoms with Crippen molar-refractivity contribution >= 4 is 34.2 Å². The third-order valence-electron chi connectivity index (χ3n) is 8.55. The lowest BCUT2D eigenvalue weighted by Gasteiger charge is -2.06. The molecule has 2 aliphatic rings. The summed E-state index contributed by atoms with van der Waals surface area (Å²) in [6.07, 6.45) is 4.81. The van der Waals surface area contributed by atoms with Crippen LogP contribution < -0.4 is 11.1 Å². The first-order chi connectivity index (χ1) is 24.0. The predicted molar refractivity (Wildman–Crippen MR) is 193 cm³/mol. The third kappa shape index (κ3) is 7.34.